The lowest BCUT2D eigenvalue weighted by Gasteiger charge is -2.32. The predicted octanol–water partition coefficient (Wildman–Crippen LogP) is -2.16. The Morgan fingerprint density at radius 1 is 1.27 bits per heavy atom. The topological polar surface area (TPSA) is 78.7 Å². The number of piperazine rings is 1. The third-order valence-corrected chi connectivity index (χ3v) is 2.48. The average Bonchev–Trinajstić information content (AvgIpc) is 2.26. The zero-order chi connectivity index (χ0) is 11.3. The number of hydrogen-bond donors (Lipinski definition) is 2. The van der Waals surface area contributed by atoms with E-state index in [2.05, 4.69) is 10.2 Å². The van der Waals surface area contributed by atoms with Crippen molar-refractivity contribution in [2.24, 2.45) is 5.73 Å². The number of carbonyl (C=O) groups is 2. The average molecular weight is 214 g/mol. The Balaban J connectivity index is 2.25. The molecule has 1 rings (SSSR count). The van der Waals surface area contributed by atoms with E-state index in [4.69, 9.17) is 5.73 Å². The first-order valence-corrected chi connectivity index (χ1v) is 5.06. The minimum Gasteiger partial charge on any atom is -0.346 e. The van der Waals surface area contributed by atoms with E-state index in [0.29, 0.717) is 0 Å². The summed E-state index contributed by atoms with van der Waals surface area (Å²) in [4.78, 5) is 26.3. The Hall–Kier alpha value is -1.14. The lowest BCUT2D eigenvalue weighted by atomic mass is 10.3. The molecule has 86 valence electrons. The molecule has 1 fully saturated rings. The summed E-state index contributed by atoms with van der Waals surface area (Å²) in [6.07, 6.45) is 0. The Labute approximate surface area is 89.4 Å². The Morgan fingerprint density at radius 2 is 1.87 bits per heavy atom. The van der Waals surface area contributed by atoms with Gasteiger partial charge in [0.05, 0.1) is 13.1 Å². The van der Waals surface area contributed by atoms with Gasteiger partial charge in [0, 0.05) is 26.2 Å². The summed E-state index contributed by atoms with van der Waals surface area (Å²) in [5.41, 5.74) is 5.11. The van der Waals surface area contributed by atoms with E-state index >= 15 is 0 Å². The number of nitrogens with zero attached hydrogens (tertiary/aromatic N) is 2. The highest BCUT2D eigenvalue weighted by Gasteiger charge is 2.18. The van der Waals surface area contributed by atoms with Crippen molar-refractivity contribution in [1.82, 2.24) is 15.1 Å². The van der Waals surface area contributed by atoms with E-state index in [9.17, 15) is 9.59 Å². The summed E-state index contributed by atoms with van der Waals surface area (Å²) in [5.74, 6) is -0.331. The summed E-state index contributed by atoms with van der Waals surface area (Å²) >= 11 is 0. The molecule has 0 atom stereocenters. The lowest BCUT2D eigenvalue weighted by Crippen LogP contribution is -2.50. The van der Waals surface area contributed by atoms with E-state index in [1.165, 1.54) is 0 Å². The van der Waals surface area contributed by atoms with Crippen LogP contribution < -0.4 is 11.1 Å². The Kier molecular flexibility index (Phi) is 4.51. The second-order valence-electron chi connectivity index (χ2n) is 3.66. The molecule has 1 saturated heterocycles. The molecule has 2 amide bonds. The summed E-state index contributed by atoms with van der Waals surface area (Å²) < 4.78 is 0. The molecule has 1 aliphatic rings. The van der Waals surface area contributed by atoms with Crippen molar-refractivity contribution in [3.8, 4) is 0 Å². The van der Waals surface area contributed by atoms with Crippen LogP contribution in [0.3, 0.4) is 0 Å². The summed E-state index contributed by atoms with van der Waals surface area (Å²) in [7, 11) is 2.03. The van der Waals surface area contributed by atoms with E-state index in [0.717, 1.165) is 26.2 Å². The normalized spacial score (nSPS) is 17.6. The Bertz CT molecular complexity index is 236. The first-order chi connectivity index (χ1) is 7.13. The van der Waals surface area contributed by atoms with Gasteiger partial charge >= 0.3 is 0 Å². The van der Waals surface area contributed by atoms with Crippen LogP contribution in [0.4, 0.5) is 0 Å². The SMILES string of the molecule is CN1CCN(C(=O)CNC(=O)CN)CC1. The van der Waals surface area contributed by atoms with Gasteiger partial charge in [0.25, 0.3) is 0 Å². The number of likely N-dealkylation sites (N-methyl/N-ethyl adjacent to an activating group) is 1. The molecule has 6 nitrogen and oxygen atoms in total. The molecule has 0 unspecified atom stereocenters. The fourth-order valence-corrected chi connectivity index (χ4v) is 1.41. The molecule has 0 saturated carbocycles. The van der Waals surface area contributed by atoms with E-state index in [1.807, 2.05) is 7.05 Å². The van der Waals surface area contributed by atoms with Crippen molar-refractivity contribution in [2.45, 2.75) is 0 Å². The van der Waals surface area contributed by atoms with Crippen molar-refractivity contribution >= 4 is 11.8 Å². The smallest absolute Gasteiger partial charge is 0.242 e. The van der Waals surface area contributed by atoms with Crippen LogP contribution in [0.15, 0.2) is 0 Å². The van der Waals surface area contributed by atoms with Crippen LogP contribution in [-0.4, -0.2) is 67.9 Å². The third kappa shape index (κ3) is 3.85. The molecule has 0 radical (unpaired) electrons. The Morgan fingerprint density at radius 3 is 2.40 bits per heavy atom. The van der Waals surface area contributed by atoms with Crippen molar-refractivity contribution in [2.75, 3.05) is 46.3 Å². The fourth-order valence-electron chi connectivity index (χ4n) is 1.41. The molecule has 1 aliphatic heterocycles. The zero-order valence-electron chi connectivity index (χ0n) is 9.03. The van der Waals surface area contributed by atoms with Crippen molar-refractivity contribution in [3.05, 3.63) is 0 Å². The molecule has 0 aromatic heterocycles. The van der Waals surface area contributed by atoms with Crippen LogP contribution in [0.25, 0.3) is 0 Å². The monoisotopic (exact) mass is 214 g/mol. The van der Waals surface area contributed by atoms with Gasteiger partial charge in [-0.2, -0.15) is 0 Å². The first kappa shape index (κ1) is 11.9. The fraction of sp³-hybridized carbons (Fsp3) is 0.778. The highest BCUT2D eigenvalue weighted by Crippen LogP contribution is 1.98. The number of hydrogen-bond acceptors (Lipinski definition) is 4. The van der Waals surface area contributed by atoms with Crippen LogP contribution in [-0.2, 0) is 9.59 Å². The molecular weight excluding hydrogens is 196 g/mol. The third-order valence-electron chi connectivity index (χ3n) is 2.48. The van der Waals surface area contributed by atoms with E-state index < -0.39 is 0 Å². The van der Waals surface area contributed by atoms with Gasteiger partial charge in [0.1, 0.15) is 0 Å². The number of carbonyl (C=O) groups excluding carboxylic acids is 2. The largest absolute Gasteiger partial charge is 0.346 e. The molecule has 0 bridgehead atoms. The molecule has 0 spiro atoms. The number of nitrogens with one attached hydrogen (secondary N) is 1. The summed E-state index contributed by atoms with van der Waals surface area (Å²) in [6, 6.07) is 0. The van der Waals surface area contributed by atoms with Gasteiger partial charge in [-0.15, -0.1) is 0 Å². The van der Waals surface area contributed by atoms with Crippen molar-refractivity contribution < 1.29 is 9.59 Å². The van der Waals surface area contributed by atoms with Crippen LogP contribution in [0.5, 0.6) is 0 Å². The maximum atomic E-state index is 11.6. The standard InChI is InChI=1S/C9H18N4O2/c1-12-2-4-13(5-3-12)9(15)7-11-8(14)6-10/h2-7,10H2,1H3,(H,11,14). The van der Waals surface area contributed by atoms with Crippen LogP contribution in [0, 0.1) is 0 Å². The molecule has 0 aromatic rings. The van der Waals surface area contributed by atoms with E-state index in [1.54, 1.807) is 4.90 Å². The highest BCUT2D eigenvalue weighted by atomic mass is 16.2. The quantitative estimate of drug-likeness (QED) is 0.560. The second kappa shape index (κ2) is 5.67. The molecule has 6 heteroatoms. The van der Waals surface area contributed by atoms with Crippen LogP contribution in [0.2, 0.25) is 0 Å². The van der Waals surface area contributed by atoms with Gasteiger partial charge in [0.2, 0.25) is 11.8 Å². The molecule has 0 aromatic carbocycles. The van der Waals surface area contributed by atoms with Gasteiger partial charge in [-0.25, -0.2) is 0 Å². The zero-order valence-corrected chi connectivity index (χ0v) is 9.03. The minimum absolute atomic E-state index is 0.0371. The van der Waals surface area contributed by atoms with Gasteiger partial charge in [-0.3, -0.25) is 9.59 Å². The first-order valence-electron chi connectivity index (χ1n) is 5.06. The molecule has 3 N–H and O–H groups in total. The summed E-state index contributed by atoms with van der Waals surface area (Å²) in [5, 5.41) is 2.47. The molecule has 15 heavy (non-hydrogen) atoms. The molecule has 0 aliphatic carbocycles. The van der Waals surface area contributed by atoms with Gasteiger partial charge in [-0.1, -0.05) is 0 Å². The lowest BCUT2D eigenvalue weighted by molar-refractivity contribution is -0.133. The van der Waals surface area contributed by atoms with Crippen LogP contribution >= 0.6 is 0 Å². The van der Waals surface area contributed by atoms with Crippen molar-refractivity contribution in [1.29, 1.82) is 0 Å². The highest BCUT2D eigenvalue weighted by molar-refractivity contribution is 5.85. The molecular formula is C9H18N4O2. The van der Waals surface area contributed by atoms with Gasteiger partial charge in [0.15, 0.2) is 0 Å². The van der Waals surface area contributed by atoms with Gasteiger partial charge < -0.3 is 20.9 Å². The predicted molar refractivity (Wildman–Crippen MR) is 56.1 cm³/mol. The molecule has 1 heterocycles. The number of nitrogens with two attached hydrogens (primary N) is 1. The maximum Gasteiger partial charge on any atom is 0.242 e. The van der Waals surface area contributed by atoms with E-state index in [-0.39, 0.29) is 24.9 Å². The van der Waals surface area contributed by atoms with Crippen molar-refractivity contribution in [3.63, 3.8) is 0 Å². The number of amides is 2. The minimum atomic E-state index is -0.294. The van der Waals surface area contributed by atoms with Gasteiger partial charge in [-0.05, 0) is 7.05 Å². The van der Waals surface area contributed by atoms with Crippen LogP contribution in [0.1, 0.15) is 0 Å². The summed E-state index contributed by atoms with van der Waals surface area (Å²) in [6.45, 7) is 3.21. The number of rotatable bonds is 3. The second-order valence-corrected chi connectivity index (χ2v) is 3.66. The maximum absolute atomic E-state index is 11.6.